The van der Waals surface area contributed by atoms with E-state index in [-0.39, 0.29) is 0 Å². The molecule has 0 spiro atoms. The van der Waals surface area contributed by atoms with Crippen molar-refractivity contribution in [1.29, 1.82) is 0 Å². The second-order valence-electron chi connectivity index (χ2n) is 6.35. The van der Waals surface area contributed by atoms with Gasteiger partial charge in [-0.1, -0.05) is 60.7 Å². The first kappa shape index (κ1) is 16.0. The van der Waals surface area contributed by atoms with Gasteiger partial charge in [0.15, 0.2) is 0 Å². The van der Waals surface area contributed by atoms with Crippen LogP contribution >= 0.6 is 15.9 Å². The minimum atomic E-state index is 0.505. The van der Waals surface area contributed by atoms with E-state index in [1.54, 1.807) is 0 Å². The normalized spacial score (nSPS) is 24.6. The average Bonchev–Trinajstić information content (AvgIpc) is 2.46. The van der Waals surface area contributed by atoms with Gasteiger partial charge >= 0.3 is 0 Å². The Balaban J connectivity index is 2.31. The molecule has 112 valence electrons. The van der Waals surface area contributed by atoms with Gasteiger partial charge in [0.1, 0.15) is 0 Å². The molecule has 0 saturated heterocycles. The number of benzene rings is 1. The summed E-state index contributed by atoms with van der Waals surface area (Å²) in [7, 11) is 2.12. The molecule has 1 nitrogen and oxygen atoms in total. The van der Waals surface area contributed by atoms with Gasteiger partial charge < -0.3 is 5.32 Å². The SMILES string of the molecule is CCC1CCCCC1C(NC)c1cc(C)c(Br)c(C)c1. The van der Waals surface area contributed by atoms with Crippen LogP contribution in [0.5, 0.6) is 0 Å². The highest BCUT2D eigenvalue weighted by atomic mass is 79.9. The van der Waals surface area contributed by atoms with E-state index in [9.17, 15) is 0 Å². The summed E-state index contributed by atoms with van der Waals surface area (Å²) in [6.07, 6.45) is 6.92. The molecule has 0 aromatic heterocycles. The van der Waals surface area contributed by atoms with Gasteiger partial charge in [0, 0.05) is 10.5 Å². The Hall–Kier alpha value is -0.340. The van der Waals surface area contributed by atoms with Gasteiger partial charge in [0.2, 0.25) is 0 Å². The molecule has 3 unspecified atom stereocenters. The van der Waals surface area contributed by atoms with E-state index in [0.717, 1.165) is 11.8 Å². The third kappa shape index (κ3) is 3.28. The van der Waals surface area contributed by atoms with E-state index in [0.29, 0.717) is 6.04 Å². The molecule has 20 heavy (non-hydrogen) atoms. The third-order valence-corrected chi connectivity index (χ3v) is 6.30. The molecule has 3 atom stereocenters. The minimum absolute atomic E-state index is 0.505. The maximum Gasteiger partial charge on any atom is 0.0349 e. The fraction of sp³-hybridized carbons (Fsp3) is 0.667. The van der Waals surface area contributed by atoms with Crippen molar-refractivity contribution in [2.45, 2.75) is 58.9 Å². The van der Waals surface area contributed by atoms with E-state index in [2.05, 4.69) is 61.2 Å². The molecule has 0 radical (unpaired) electrons. The van der Waals surface area contributed by atoms with E-state index in [1.165, 1.54) is 53.3 Å². The van der Waals surface area contributed by atoms with Crippen molar-refractivity contribution >= 4 is 15.9 Å². The van der Waals surface area contributed by atoms with E-state index >= 15 is 0 Å². The number of rotatable bonds is 4. The molecule has 2 heteroatoms. The second-order valence-corrected chi connectivity index (χ2v) is 7.14. The standard InChI is InChI=1S/C18H28BrN/c1-5-14-8-6-7-9-16(14)18(20-4)15-10-12(2)17(19)13(3)11-15/h10-11,14,16,18,20H,5-9H2,1-4H3. The van der Waals surface area contributed by atoms with Crippen LogP contribution in [0, 0.1) is 25.7 Å². The maximum atomic E-state index is 3.69. The number of aryl methyl sites for hydroxylation is 2. The van der Waals surface area contributed by atoms with Crippen molar-refractivity contribution in [2.75, 3.05) is 7.05 Å². The molecular formula is C18H28BrN. The summed E-state index contributed by atoms with van der Waals surface area (Å²) >= 11 is 3.69. The first-order valence-electron chi connectivity index (χ1n) is 8.02. The highest BCUT2D eigenvalue weighted by molar-refractivity contribution is 9.10. The summed E-state index contributed by atoms with van der Waals surface area (Å²) in [6.45, 7) is 6.75. The lowest BCUT2D eigenvalue weighted by molar-refractivity contribution is 0.180. The van der Waals surface area contributed by atoms with Crippen LogP contribution in [0.3, 0.4) is 0 Å². The largest absolute Gasteiger partial charge is 0.313 e. The van der Waals surface area contributed by atoms with E-state index < -0.39 is 0 Å². The summed E-state index contributed by atoms with van der Waals surface area (Å²) in [4.78, 5) is 0. The summed E-state index contributed by atoms with van der Waals surface area (Å²) in [5, 5.41) is 3.61. The average molecular weight is 338 g/mol. The van der Waals surface area contributed by atoms with Crippen molar-refractivity contribution in [2.24, 2.45) is 11.8 Å². The lowest BCUT2D eigenvalue weighted by atomic mass is 9.72. The molecule has 1 saturated carbocycles. The van der Waals surface area contributed by atoms with Crippen LogP contribution in [0.25, 0.3) is 0 Å². The van der Waals surface area contributed by atoms with Gasteiger partial charge in [0.25, 0.3) is 0 Å². The van der Waals surface area contributed by atoms with Crippen LogP contribution in [-0.4, -0.2) is 7.05 Å². The smallest absolute Gasteiger partial charge is 0.0349 e. The summed E-state index contributed by atoms with van der Waals surface area (Å²) in [5.41, 5.74) is 4.17. The van der Waals surface area contributed by atoms with Crippen LogP contribution < -0.4 is 5.32 Å². The predicted molar refractivity (Wildman–Crippen MR) is 91.2 cm³/mol. The van der Waals surface area contributed by atoms with Gasteiger partial charge in [-0.2, -0.15) is 0 Å². The molecule has 0 aliphatic heterocycles. The lowest BCUT2D eigenvalue weighted by Crippen LogP contribution is -2.32. The molecular weight excluding hydrogens is 310 g/mol. The van der Waals surface area contributed by atoms with Crippen molar-refractivity contribution in [3.63, 3.8) is 0 Å². The summed E-state index contributed by atoms with van der Waals surface area (Å²) in [6, 6.07) is 5.23. The number of halogens is 1. The highest BCUT2D eigenvalue weighted by Gasteiger charge is 2.31. The predicted octanol–water partition coefficient (Wildman–Crippen LogP) is 5.54. The molecule has 1 aromatic rings. The zero-order valence-electron chi connectivity index (χ0n) is 13.3. The Morgan fingerprint density at radius 2 is 1.80 bits per heavy atom. The molecule has 1 aliphatic rings. The molecule has 0 amide bonds. The maximum absolute atomic E-state index is 3.69. The topological polar surface area (TPSA) is 12.0 Å². The van der Waals surface area contributed by atoms with Crippen molar-refractivity contribution < 1.29 is 0 Å². The zero-order valence-corrected chi connectivity index (χ0v) is 14.9. The van der Waals surface area contributed by atoms with Gasteiger partial charge in [-0.15, -0.1) is 0 Å². The number of hydrogen-bond acceptors (Lipinski definition) is 1. The van der Waals surface area contributed by atoms with Crippen LogP contribution in [0.2, 0.25) is 0 Å². The molecule has 2 rings (SSSR count). The van der Waals surface area contributed by atoms with Crippen LogP contribution in [0.15, 0.2) is 16.6 Å². The van der Waals surface area contributed by atoms with Crippen LogP contribution in [0.1, 0.15) is 61.8 Å². The molecule has 1 aromatic carbocycles. The van der Waals surface area contributed by atoms with Crippen molar-refractivity contribution in [3.05, 3.63) is 33.3 Å². The molecule has 1 aliphatic carbocycles. The third-order valence-electron chi connectivity index (χ3n) is 5.05. The Morgan fingerprint density at radius 1 is 1.20 bits per heavy atom. The fourth-order valence-corrected chi connectivity index (χ4v) is 4.20. The van der Waals surface area contributed by atoms with E-state index in [4.69, 9.17) is 0 Å². The van der Waals surface area contributed by atoms with Gasteiger partial charge in [-0.05, 0) is 55.8 Å². The first-order chi connectivity index (χ1) is 9.58. The number of nitrogens with one attached hydrogen (secondary N) is 1. The Morgan fingerprint density at radius 3 is 2.35 bits per heavy atom. The summed E-state index contributed by atoms with van der Waals surface area (Å²) in [5.74, 6) is 1.67. The zero-order chi connectivity index (χ0) is 14.7. The molecule has 1 N–H and O–H groups in total. The van der Waals surface area contributed by atoms with Gasteiger partial charge in [0.05, 0.1) is 0 Å². The fourth-order valence-electron chi connectivity index (χ4n) is 3.97. The van der Waals surface area contributed by atoms with Crippen molar-refractivity contribution in [1.82, 2.24) is 5.32 Å². The summed E-state index contributed by atoms with van der Waals surface area (Å²) < 4.78 is 1.26. The van der Waals surface area contributed by atoms with Crippen LogP contribution in [0.4, 0.5) is 0 Å². The van der Waals surface area contributed by atoms with Gasteiger partial charge in [-0.3, -0.25) is 0 Å². The second kappa shape index (κ2) is 7.09. The highest BCUT2D eigenvalue weighted by Crippen LogP contribution is 2.41. The molecule has 0 bridgehead atoms. The Kier molecular flexibility index (Phi) is 5.68. The quantitative estimate of drug-likeness (QED) is 0.760. The first-order valence-corrected chi connectivity index (χ1v) is 8.81. The lowest BCUT2D eigenvalue weighted by Gasteiger charge is -2.37. The minimum Gasteiger partial charge on any atom is -0.313 e. The Labute approximate surface area is 132 Å². The van der Waals surface area contributed by atoms with Crippen LogP contribution in [-0.2, 0) is 0 Å². The monoisotopic (exact) mass is 337 g/mol. The Bertz CT molecular complexity index is 432. The number of hydrogen-bond donors (Lipinski definition) is 1. The van der Waals surface area contributed by atoms with Gasteiger partial charge in [-0.25, -0.2) is 0 Å². The molecule has 0 heterocycles. The molecule has 1 fully saturated rings. The van der Waals surface area contributed by atoms with E-state index in [1.807, 2.05) is 0 Å². The van der Waals surface area contributed by atoms with Crippen molar-refractivity contribution in [3.8, 4) is 0 Å².